The van der Waals surface area contributed by atoms with Crippen molar-refractivity contribution in [1.29, 1.82) is 0 Å². The highest BCUT2D eigenvalue weighted by Crippen LogP contribution is 2.57. The lowest BCUT2D eigenvalue weighted by Gasteiger charge is -2.24. The fourth-order valence-electron chi connectivity index (χ4n) is 3.11. The summed E-state index contributed by atoms with van der Waals surface area (Å²) >= 11 is 0. The van der Waals surface area contributed by atoms with Crippen molar-refractivity contribution >= 4 is 7.14 Å². The maximum Gasteiger partial charge on any atom is 0.0906 e. The van der Waals surface area contributed by atoms with Crippen molar-refractivity contribution < 1.29 is 4.57 Å². The predicted molar refractivity (Wildman–Crippen MR) is 78.6 cm³/mol. The Kier molecular flexibility index (Phi) is 7.51. The van der Waals surface area contributed by atoms with E-state index in [2.05, 4.69) is 13.8 Å². The van der Waals surface area contributed by atoms with Crippen LogP contribution in [0.1, 0.15) is 78.1 Å². The smallest absolute Gasteiger partial charge is 0.0906 e. The first-order valence-corrected chi connectivity index (χ1v) is 9.95. The molecule has 0 unspecified atom stereocenters. The van der Waals surface area contributed by atoms with Crippen molar-refractivity contribution in [2.45, 2.75) is 83.7 Å². The molecular weight excluding hydrogens is 227 g/mol. The molecule has 1 nitrogen and oxygen atoms in total. The van der Waals surface area contributed by atoms with E-state index in [0.29, 0.717) is 5.66 Å². The largest absolute Gasteiger partial charge is 0.323 e. The van der Waals surface area contributed by atoms with Crippen LogP contribution in [-0.2, 0) is 4.57 Å². The quantitative estimate of drug-likeness (QED) is 0.384. The third-order valence-corrected chi connectivity index (χ3v) is 8.26. The maximum absolute atomic E-state index is 13.2. The average Bonchev–Trinajstić information content (AvgIpc) is 2.84. The van der Waals surface area contributed by atoms with E-state index in [0.717, 1.165) is 12.3 Å². The SMILES string of the molecule is CCCCCP(=O)(CCCCC)C1CCCC1. The van der Waals surface area contributed by atoms with Crippen molar-refractivity contribution in [3.05, 3.63) is 0 Å². The third-order valence-electron chi connectivity index (χ3n) is 4.27. The molecule has 0 amide bonds. The zero-order chi connectivity index (χ0) is 12.6. The van der Waals surface area contributed by atoms with Gasteiger partial charge < -0.3 is 4.57 Å². The first-order valence-electron chi connectivity index (χ1n) is 7.80. The van der Waals surface area contributed by atoms with E-state index in [1.165, 1.54) is 64.2 Å². The van der Waals surface area contributed by atoms with Crippen LogP contribution in [0.4, 0.5) is 0 Å². The lowest BCUT2D eigenvalue weighted by molar-refractivity contribution is 0.555. The minimum Gasteiger partial charge on any atom is -0.323 e. The fourth-order valence-corrected chi connectivity index (χ4v) is 6.89. The average molecular weight is 258 g/mol. The van der Waals surface area contributed by atoms with Crippen LogP contribution in [-0.4, -0.2) is 18.0 Å². The molecule has 0 aliphatic heterocycles. The minimum atomic E-state index is -1.83. The van der Waals surface area contributed by atoms with Gasteiger partial charge in [-0.15, -0.1) is 0 Å². The van der Waals surface area contributed by atoms with Gasteiger partial charge in [0.1, 0.15) is 0 Å². The van der Waals surface area contributed by atoms with Crippen LogP contribution in [0.15, 0.2) is 0 Å². The maximum atomic E-state index is 13.2. The number of hydrogen-bond donors (Lipinski definition) is 0. The van der Waals surface area contributed by atoms with E-state index in [9.17, 15) is 4.57 Å². The molecule has 1 rings (SSSR count). The highest BCUT2D eigenvalue weighted by Gasteiger charge is 2.33. The molecule has 0 saturated heterocycles. The van der Waals surface area contributed by atoms with Crippen LogP contribution < -0.4 is 0 Å². The van der Waals surface area contributed by atoms with Gasteiger partial charge in [0.05, 0.1) is 7.14 Å². The lowest BCUT2D eigenvalue weighted by Crippen LogP contribution is -2.10. The van der Waals surface area contributed by atoms with Gasteiger partial charge in [-0.25, -0.2) is 0 Å². The lowest BCUT2D eigenvalue weighted by atomic mass is 10.3. The van der Waals surface area contributed by atoms with Gasteiger partial charge in [-0.1, -0.05) is 52.4 Å². The highest BCUT2D eigenvalue weighted by atomic mass is 31.2. The zero-order valence-electron chi connectivity index (χ0n) is 11.9. The molecule has 0 aromatic rings. The van der Waals surface area contributed by atoms with E-state index < -0.39 is 7.14 Å². The van der Waals surface area contributed by atoms with Crippen LogP contribution in [0, 0.1) is 0 Å². The monoisotopic (exact) mass is 258 g/mol. The second-order valence-electron chi connectivity index (χ2n) is 5.75. The van der Waals surface area contributed by atoms with Crippen LogP contribution >= 0.6 is 7.14 Å². The van der Waals surface area contributed by atoms with Crippen molar-refractivity contribution in [2.24, 2.45) is 0 Å². The van der Waals surface area contributed by atoms with Gasteiger partial charge in [0.2, 0.25) is 0 Å². The summed E-state index contributed by atoms with van der Waals surface area (Å²) in [6.45, 7) is 4.47. The molecule has 0 radical (unpaired) electrons. The molecule has 1 aliphatic carbocycles. The highest BCUT2D eigenvalue weighted by molar-refractivity contribution is 7.64. The molecule has 2 heteroatoms. The Hall–Kier alpha value is 0.230. The van der Waals surface area contributed by atoms with Gasteiger partial charge in [0.25, 0.3) is 0 Å². The summed E-state index contributed by atoms with van der Waals surface area (Å²) < 4.78 is 13.2. The van der Waals surface area contributed by atoms with E-state index in [1.807, 2.05) is 0 Å². The minimum absolute atomic E-state index is 0.608. The van der Waals surface area contributed by atoms with Gasteiger partial charge in [-0.3, -0.25) is 0 Å². The Morgan fingerprint density at radius 3 is 1.76 bits per heavy atom. The molecule has 0 atom stereocenters. The molecule has 1 aliphatic rings. The number of unbranched alkanes of at least 4 members (excludes halogenated alkanes) is 4. The normalized spacial score (nSPS) is 17.8. The second kappa shape index (κ2) is 8.35. The summed E-state index contributed by atoms with van der Waals surface area (Å²) in [5, 5.41) is 0. The van der Waals surface area contributed by atoms with Gasteiger partial charge >= 0.3 is 0 Å². The summed E-state index contributed by atoms with van der Waals surface area (Å²) in [6.07, 6.45) is 14.7. The Morgan fingerprint density at radius 2 is 1.35 bits per heavy atom. The van der Waals surface area contributed by atoms with Crippen LogP contribution in [0.25, 0.3) is 0 Å². The molecular formula is C15H31OP. The third kappa shape index (κ3) is 5.16. The van der Waals surface area contributed by atoms with Crippen LogP contribution in [0.3, 0.4) is 0 Å². The molecule has 1 fully saturated rings. The Morgan fingerprint density at radius 1 is 0.882 bits per heavy atom. The number of rotatable bonds is 9. The van der Waals surface area contributed by atoms with Crippen molar-refractivity contribution in [1.82, 2.24) is 0 Å². The van der Waals surface area contributed by atoms with Gasteiger partial charge in [0.15, 0.2) is 0 Å². The summed E-state index contributed by atoms with van der Waals surface area (Å²) in [6, 6.07) is 0. The molecule has 17 heavy (non-hydrogen) atoms. The van der Waals surface area contributed by atoms with E-state index >= 15 is 0 Å². The van der Waals surface area contributed by atoms with Gasteiger partial charge in [-0.05, 0) is 25.7 Å². The molecule has 0 heterocycles. The van der Waals surface area contributed by atoms with Crippen molar-refractivity contribution in [3.8, 4) is 0 Å². The Bertz CT molecular complexity index is 217. The first-order chi connectivity index (χ1) is 8.23. The molecule has 0 N–H and O–H groups in total. The molecule has 0 aromatic carbocycles. The van der Waals surface area contributed by atoms with Gasteiger partial charge in [-0.2, -0.15) is 0 Å². The Labute approximate surface area is 108 Å². The molecule has 102 valence electrons. The molecule has 1 saturated carbocycles. The molecule has 0 bridgehead atoms. The second-order valence-corrected chi connectivity index (χ2v) is 9.28. The molecule has 0 spiro atoms. The first kappa shape index (κ1) is 15.3. The standard InChI is InChI=1S/C15H31OP/c1-3-5-9-13-17(16,14-10-6-4-2)15-11-7-8-12-15/h15H,3-14H2,1-2H3. The topological polar surface area (TPSA) is 17.1 Å². The van der Waals surface area contributed by atoms with E-state index in [1.54, 1.807) is 0 Å². The predicted octanol–water partition coefficient (Wildman–Crippen LogP) is 5.67. The van der Waals surface area contributed by atoms with Crippen LogP contribution in [0.2, 0.25) is 0 Å². The van der Waals surface area contributed by atoms with E-state index in [-0.39, 0.29) is 0 Å². The van der Waals surface area contributed by atoms with Crippen molar-refractivity contribution in [3.63, 3.8) is 0 Å². The fraction of sp³-hybridized carbons (Fsp3) is 1.00. The summed E-state index contributed by atoms with van der Waals surface area (Å²) in [7, 11) is -1.83. The van der Waals surface area contributed by atoms with Gasteiger partial charge in [0, 0.05) is 18.0 Å². The van der Waals surface area contributed by atoms with E-state index in [4.69, 9.17) is 0 Å². The Balaban J connectivity index is 2.46. The van der Waals surface area contributed by atoms with Crippen molar-refractivity contribution in [2.75, 3.05) is 12.3 Å². The van der Waals surface area contributed by atoms with Crippen LogP contribution in [0.5, 0.6) is 0 Å². The number of hydrogen-bond acceptors (Lipinski definition) is 1. The molecule has 0 aromatic heterocycles. The summed E-state index contributed by atoms with van der Waals surface area (Å²) in [4.78, 5) is 0. The summed E-state index contributed by atoms with van der Waals surface area (Å²) in [5.74, 6) is 0. The zero-order valence-corrected chi connectivity index (χ0v) is 12.8. The summed E-state index contributed by atoms with van der Waals surface area (Å²) in [5.41, 5.74) is 0.608.